The quantitative estimate of drug-likeness (QED) is 0.761. The van der Waals surface area contributed by atoms with E-state index in [1.807, 2.05) is 0 Å². The van der Waals surface area contributed by atoms with E-state index in [9.17, 15) is 23.4 Å². The van der Waals surface area contributed by atoms with Gasteiger partial charge in [-0.25, -0.2) is 0 Å². The first-order valence-electron chi connectivity index (χ1n) is 5.96. The van der Waals surface area contributed by atoms with Crippen LogP contribution in [0.1, 0.15) is 12.0 Å². The smallest absolute Gasteiger partial charge is 0.395 e. The molecule has 0 radical (unpaired) electrons. The molecular formula is C13H16ClF3O3. The SMILES string of the molecule is OCC(CO)(CCOCC(F)(F)F)c1ccccc1Cl. The molecule has 0 amide bonds. The normalized spacial score (nSPS) is 12.7. The lowest BCUT2D eigenvalue weighted by atomic mass is 9.79. The monoisotopic (exact) mass is 312 g/mol. The molecule has 2 N–H and O–H groups in total. The molecular weight excluding hydrogens is 297 g/mol. The highest BCUT2D eigenvalue weighted by Crippen LogP contribution is 2.33. The average Bonchev–Trinajstić information content (AvgIpc) is 2.40. The Labute approximate surface area is 119 Å². The predicted octanol–water partition coefficient (Wildman–Crippen LogP) is 2.53. The summed E-state index contributed by atoms with van der Waals surface area (Å²) in [6.07, 6.45) is -4.37. The third-order valence-electron chi connectivity index (χ3n) is 3.04. The molecule has 0 fully saturated rings. The predicted molar refractivity (Wildman–Crippen MR) is 68.8 cm³/mol. The minimum absolute atomic E-state index is 0.0276. The second kappa shape index (κ2) is 7.26. The van der Waals surface area contributed by atoms with Gasteiger partial charge < -0.3 is 14.9 Å². The van der Waals surface area contributed by atoms with Gasteiger partial charge in [0.1, 0.15) is 6.61 Å². The van der Waals surface area contributed by atoms with Gasteiger partial charge in [0.25, 0.3) is 0 Å². The van der Waals surface area contributed by atoms with Gasteiger partial charge in [-0.3, -0.25) is 0 Å². The molecule has 0 aromatic heterocycles. The zero-order chi connectivity index (χ0) is 15.2. The van der Waals surface area contributed by atoms with Crippen molar-refractivity contribution in [1.29, 1.82) is 0 Å². The number of ether oxygens (including phenoxy) is 1. The fourth-order valence-corrected chi connectivity index (χ4v) is 2.20. The summed E-state index contributed by atoms with van der Waals surface area (Å²) in [6, 6.07) is 6.58. The van der Waals surface area contributed by atoms with Crippen molar-refractivity contribution in [2.24, 2.45) is 0 Å². The molecule has 0 bridgehead atoms. The molecule has 0 heterocycles. The van der Waals surface area contributed by atoms with Crippen molar-refractivity contribution in [3.63, 3.8) is 0 Å². The Morgan fingerprint density at radius 2 is 1.70 bits per heavy atom. The fourth-order valence-electron chi connectivity index (χ4n) is 1.86. The molecule has 1 rings (SSSR count). The lowest BCUT2D eigenvalue weighted by Crippen LogP contribution is -2.37. The molecule has 1 aromatic carbocycles. The van der Waals surface area contributed by atoms with Gasteiger partial charge in [-0.05, 0) is 18.1 Å². The van der Waals surface area contributed by atoms with E-state index in [1.54, 1.807) is 24.3 Å². The number of aliphatic hydroxyl groups is 2. The van der Waals surface area contributed by atoms with Gasteiger partial charge in [0, 0.05) is 17.0 Å². The minimum Gasteiger partial charge on any atom is -0.395 e. The average molecular weight is 313 g/mol. The van der Waals surface area contributed by atoms with Crippen LogP contribution in [0, 0.1) is 0 Å². The minimum atomic E-state index is -4.40. The first kappa shape index (κ1) is 17.2. The van der Waals surface area contributed by atoms with Crippen molar-refractivity contribution in [2.45, 2.75) is 18.0 Å². The first-order chi connectivity index (χ1) is 9.34. The Bertz CT molecular complexity index is 420. The van der Waals surface area contributed by atoms with Gasteiger partial charge in [0.15, 0.2) is 0 Å². The molecule has 114 valence electrons. The zero-order valence-corrected chi connectivity index (χ0v) is 11.4. The van der Waals surface area contributed by atoms with Gasteiger partial charge in [-0.1, -0.05) is 29.8 Å². The topological polar surface area (TPSA) is 49.7 Å². The van der Waals surface area contributed by atoms with Gasteiger partial charge in [0.05, 0.1) is 13.2 Å². The van der Waals surface area contributed by atoms with Crippen molar-refractivity contribution in [3.8, 4) is 0 Å². The summed E-state index contributed by atoms with van der Waals surface area (Å²) in [5, 5.41) is 19.4. The summed E-state index contributed by atoms with van der Waals surface area (Å²) < 4.78 is 40.5. The third-order valence-corrected chi connectivity index (χ3v) is 3.37. The van der Waals surface area contributed by atoms with E-state index in [0.717, 1.165) is 0 Å². The van der Waals surface area contributed by atoms with Crippen LogP contribution in [0.4, 0.5) is 13.2 Å². The molecule has 1 aromatic rings. The number of hydrogen-bond donors (Lipinski definition) is 2. The number of rotatable bonds is 7. The maximum atomic E-state index is 12.0. The molecule has 0 saturated heterocycles. The number of alkyl halides is 3. The summed E-state index contributed by atoms with van der Waals surface area (Å²) >= 11 is 6.01. The van der Waals surface area contributed by atoms with Crippen LogP contribution in [0.3, 0.4) is 0 Å². The van der Waals surface area contributed by atoms with E-state index >= 15 is 0 Å². The Morgan fingerprint density at radius 1 is 1.10 bits per heavy atom. The number of hydrogen-bond acceptors (Lipinski definition) is 3. The van der Waals surface area contributed by atoms with Crippen molar-refractivity contribution in [2.75, 3.05) is 26.4 Å². The second-order valence-electron chi connectivity index (χ2n) is 4.49. The Kier molecular flexibility index (Phi) is 6.26. The van der Waals surface area contributed by atoms with Crippen molar-refractivity contribution >= 4 is 11.6 Å². The van der Waals surface area contributed by atoms with Crippen molar-refractivity contribution in [1.82, 2.24) is 0 Å². The van der Waals surface area contributed by atoms with Crippen LogP contribution in [-0.2, 0) is 10.2 Å². The van der Waals surface area contributed by atoms with Crippen LogP contribution in [0.5, 0.6) is 0 Å². The fraction of sp³-hybridized carbons (Fsp3) is 0.538. The number of halogens is 4. The van der Waals surface area contributed by atoms with Crippen LogP contribution in [0.25, 0.3) is 0 Å². The largest absolute Gasteiger partial charge is 0.411 e. The number of benzene rings is 1. The van der Waals surface area contributed by atoms with Crippen molar-refractivity contribution in [3.05, 3.63) is 34.9 Å². The standard InChI is InChI=1S/C13H16ClF3O3/c14-11-4-2-1-3-10(11)12(7-18,8-19)5-6-20-9-13(15,16)17/h1-4,18-19H,5-9H2. The zero-order valence-electron chi connectivity index (χ0n) is 10.7. The number of aliphatic hydroxyl groups excluding tert-OH is 2. The maximum Gasteiger partial charge on any atom is 0.411 e. The Hall–Kier alpha value is -0.820. The molecule has 20 heavy (non-hydrogen) atoms. The first-order valence-corrected chi connectivity index (χ1v) is 6.34. The summed E-state index contributed by atoms with van der Waals surface area (Å²) in [4.78, 5) is 0. The third kappa shape index (κ3) is 4.63. The van der Waals surface area contributed by atoms with Crippen LogP contribution in [0.15, 0.2) is 24.3 Å². The van der Waals surface area contributed by atoms with E-state index in [1.165, 1.54) is 0 Å². The highest BCUT2D eigenvalue weighted by atomic mass is 35.5. The van der Waals surface area contributed by atoms with Gasteiger partial charge in [0.2, 0.25) is 0 Å². The molecule has 0 atom stereocenters. The van der Waals surface area contributed by atoms with E-state index < -0.39 is 31.4 Å². The summed E-state index contributed by atoms with van der Waals surface area (Å²) in [5.41, 5.74) is -0.633. The van der Waals surface area contributed by atoms with Gasteiger partial charge in [-0.15, -0.1) is 0 Å². The lowest BCUT2D eigenvalue weighted by molar-refractivity contribution is -0.175. The van der Waals surface area contributed by atoms with E-state index in [4.69, 9.17) is 11.6 Å². The molecule has 0 unspecified atom stereocenters. The molecule has 0 aliphatic heterocycles. The van der Waals surface area contributed by atoms with Crippen LogP contribution >= 0.6 is 11.6 Å². The molecule has 0 aliphatic rings. The molecule has 0 aliphatic carbocycles. The lowest BCUT2D eigenvalue weighted by Gasteiger charge is -2.31. The van der Waals surface area contributed by atoms with Crippen molar-refractivity contribution < 1.29 is 28.1 Å². The van der Waals surface area contributed by atoms with E-state index in [-0.39, 0.29) is 13.0 Å². The highest BCUT2D eigenvalue weighted by Gasteiger charge is 2.33. The Morgan fingerprint density at radius 3 is 2.20 bits per heavy atom. The highest BCUT2D eigenvalue weighted by molar-refractivity contribution is 6.31. The van der Waals surface area contributed by atoms with Crippen LogP contribution in [0.2, 0.25) is 5.02 Å². The summed E-state index contributed by atoms with van der Waals surface area (Å²) in [7, 11) is 0. The van der Waals surface area contributed by atoms with E-state index in [0.29, 0.717) is 10.6 Å². The molecule has 0 saturated carbocycles. The van der Waals surface area contributed by atoms with Crippen LogP contribution in [-0.4, -0.2) is 42.8 Å². The van der Waals surface area contributed by atoms with Gasteiger partial charge in [-0.2, -0.15) is 13.2 Å². The summed E-state index contributed by atoms with van der Waals surface area (Å²) in [5.74, 6) is 0. The van der Waals surface area contributed by atoms with Gasteiger partial charge >= 0.3 is 6.18 Å². The Balaban J connectivity index is 2.75. The van der Waals surface area contributed by atoms with Crippen LogP contribution < -0.4 is 0 Å². The van der Waals surface area contributed by atoms with E-state index in [2.05, 4.69) is 4.74 Å². The second-order valence-corrected chi connectivity index (χ2v) is 4.90. The maximum absolute atomic E-state index is 12.0. The summed E-state index contributed by atoms with van der Waals surface area (Å²) in [6.45, 7) is -2.49. The molecule has 0 spiro atoms. The molecule has 7 heteroatoms. The molecule has 3 nitrogen and oxygen atoms in total.